The Morgan fingerprint density at radius 2 is 2.12 bits per heavy atom. The molecule has 4 nitrogen and oxygen atoms in total. The summed E-state index contributed by atoms with van der Waals surface area (Å²) in [5.41, 5.74) is 3.08. The van der Waals surface area contributed by atoms with Crippen LogP contribution in [0, 0.1) is 5.41 Å². The third-order valence-corrected chi connectivity index (χ3v) is 6.00. The molecule has 2 saturated heterocycles. The Bertz CT molecular complexity index is 677. The van der Waals surface area contributed by atoms with Crippen LogP contribution in [0.2, 0.25) is 0 Å². The Morgan fingerprint density at radius 1 is 1.24 bits per heavy atom. The topological polar surface area (TPSA) is 30.3 Å². The molecule has 0 aliphatic carbocycles. The van der Waals surface area contributed by atoms with Gasteiger partial charge < -0.3 is 4.74 Å². The Balaban J connectivity index is 1.45. The molecular weight excluding hydrogens is 310 g/mol. The van der Waals surface area contributed by atoms with Gasteiger partial charge in [0.1, 0.15) is 0 Å². The molecule has 2 aliphatic rings. The average molecular weight is 339 g/mol. The van der Waals surface area contributed by atoms with Crippen LogP contribution in [0.1, 0.15) is 36.8 Å². The standard InChI is InChI=1S/C21H29N3O/c1-23-15-19(14-22-23)16-24-12-11-21(17-24,20-8-5-13-25-20)10-9-18-6-3-2-4-7-18/h2-4,6-7,14-15,20H,5,8-13,16-17H2,1H3. The van der Waals surface area contributed by atoms with Crippen molar-refractivity contribution in [1.29, 1.82) is 0 Å². The summed E-state index contributed by atoms with van der Waals surface area (Å²) in [6.07, 6.45) is 10.7. The number of aryl methyl sites for hydroxylation is 2. The van der Waals surface area contributed by atoms with E-state index in [1.54, 1.807) is 0 Å². The summed E-state index contributed by atoms with van der Waals surface area (Å²) < 4.78 is 8.09. The van der Waals surface area contributed by atoms with E-state index in [2.05, 4.69) is 46.5 Å². The van der Waals surface area contributed by atoms with Crippen LogP contribution in [0.15, 0.2) is 42.7 Å². The number of likely N-dealkylation sites (tertiary alicyclic amines) is 1. The molecule has 2 fully saturated rings. The van der Waals surface area contributed by atoms with Gasteiger partial charge in [-0.15, -0.1) is 0 Å². The highest BCUT2D eigenvalue weighted by molar-refractivity contribution is 5.16. The van der Waals surface area contributed by atoms with E-state index in [1.165, 1.54) is 43.4 Å². The molecule has 3 heterocycles. The van der Waals surface area contributed by atoms with Crippen LogP contribution in [0.4, 0.5) is 0 Å². The molecule has 134 valence electrons. The van der Waals surface area contributed by atoms with E-state index in [4.69, 9.17) is 4.74 Å². The first kappa shape index (κ1) is 16.8. The van der Waals surface area contributed by atoms with Gasteiger partial charge in [0.25, 0.3) is 0 Å². The van der Waals surface area contributed by atoms with Crippen LogP contribution in [0.25, 0.3) is 0 Å². The fourth-order valence-corrected chi connectivity index (χ4v) is 4.66. The van der Waals surface area contributed by atoms with Crippen LogP contribution in [0.5, 0.6) is 0 Å². The highest BCUT2D eigenvalue weighted by Gasteiger charge is 2.45. The maximum absolute atomic E-state index is 6.19. The second-order valence-corrected chi connectivity index (χ2v) is 7.83. The first-order valence-corrected chi connectivity index (χ1v) is 9.59. The summed E-state index contributed by atoms with van der Waals surface area (Å²) in [7, 11) is 1.99. The highest BCUT2D eigenvalue weighted by Crippen LogP contribution is 2.43. The van der Waals surface area contributed by atoms with Gasteiger partial charge in [-0.05, 0) is 44.2 Å². The normalized spacial score (nSPS) is 27.2. The molecule has 2 atom stereocenters. The van der Waals surface area contributed by atoms with E-state index in [-0.39, 0.29) is 0 Å². The van der Waals surface area contributed by atoms with E-state index in [9.17, 15) is 0 Å². The minimum atomic E-state index is 0.314. The van der Waals surface area contributed by atoms with Crippen LogP contribution in [-0.4, -0.2) is 40.5 Å². The van der Waals surface area contributed by atoms with Gasteiger partial charge in [0.15, 0.2) is 0 Å². The van der Waals surface area contributed by atoms with E-state index in [1.807, 2.05) is 17.9 Å². The van der Waals surface area contributed by atoms with Gasteiger partial charge in [-0.1, -0.05) is 30.3 Å². The first-order chi connectivity index (χ1) is 12.2. The van der Waals surface area contributed by atoms with Gasteiger partial charge in [0.2, 0.25) is 0 Å². The summed E-state index contributed by atoms with van der Waals surface area (Å²) >= 11 is 0. The van der Waals surface area contributed by atoms with Crippen molar-refractivity contribution >= 4 is 0 Å². The molecule has 1 aromatic carbocycles. The molecule has 1 aromatic heterocycles. The maximum atomic E-state index is 6.19. The van der Waals surface area contributed by atoms with Crippen molar-refractivity contribution < 1.29 is 4.74 Å². The molecule has 0 amide bonds. The fraction of sp³-hybridized carbons (Fsp3) is 0.571. The minimum absolute atomic E-state index is 0.314. The second kappa shape index (κ2) is 7.30. The quantitative estimate of drug-likeness (QED) is 0.808. The van der Waals surface area contributed by atoms with Crippen LogP contribution in [-0.2, 0) is 24.8 Å². The van der Waals surface area contributed by atoms with Crippen molar-refractivity contribution in [2.75, 3.05) is 19.7 Å². The summed E-state index contributed by atoms with van der Waals surface area (Å²) in [5, 5.41) is 4.31. The molecule has 2 aliphatic heterocycles. The monoisotopic (exact) mass is 339 g/mol. The number of aromatic nitrogens is 2. The SMILES string of the molecule is Cn1cc(CN2CCC(CCc3ccccc3)(C3CCCO3)C2)cn1. The van der Waals surface area contributed by atoms with Gasteiger partial charge in [-0.2, -0.15) is 5.10 Å². The number of benzene rings is 1. The van der Waals surface area contributed by atoms with Crippen molar-refractivity contribution in [3.05, 3.63) is 53.9 Å². The summed E-state index contributed by atoms with van der Waals surface area (Å²) in [6, 6.07) is 10.9. The molecule has 2 aromatic rings. The molecule has 4 rings (SSSR count). The molecule has 0 radical (unpaired) electrons. The van der Waals surface area contributed by atoms with Crippen LogP contribution < -0.4 is 0 Å². The van der Waals surface area contributed by atoms with Crippen molar-refractivity contribution in [3.63, 3.8) is 0 Å². The average Bonchev–Trinajstić information content (AvgIpc) is 3.36. The summed E-state index contributed by atoms with van der Waals surface area (Å²) in [4.78, 5) is 2.60. The molecule has 0 bridgehead atoms. The molecule has 25 heavy (non-hydrogen) atoms. The molecular formula is C21H29N3O. The number of hydrogen-bond acceptors (Lipinski definition) is 3. The van der Waals surface area contributed by atoms with Gasteiger partial charge in [0.05, 0.1) is 12.3 Å². The lowest BCUT2D eigenvalue weighted by molar-refractivity contribution is -0.00181. The van der Waals surface area contributed by atoms with Crippen molar-refractivity contribution in [1.82, 2.24) is 14.7 Å². The number of ether oxygens (including phenoxy) is 1. The van der Waals surface area contributed by atoms with Crippen LogP contribution >= 0.6 is 0 Å². The van der Waals surface area contributed by atoms with Crippen molar-refractivity contribution in [2.45, 2.75) is 44.8 Å². The lowest BCUT2D eigenvalue weighted by atomic mass is 9.75. The fourth-order valence-electron chi connectivity index (χ4n) is 4.66. The summed E-state index contributed by atoms with van der Waals surface area (Å²) in [6.45, 7) is 4.27. The first-order valence-electron chi connectivity index (χ1n) is 9.59. The van der Waals surface area contributed by atoms with Gasteiger partial charge in [0, 0.05) is 43.9 Å². The van der Waals surface area contributed by atoms with Gasteiger partial charge >= 0.3 is 0 Å². The lowest BCUT2D eigenvalue weighted by Gasteiger charge is -2.35. The number of hydrogen-bond donors (Lipinski definition) is 0. The Hall–Kier alpha value is -1.65. The smallest absolute Gasteiger partial charge is 0.0645 e. The molecule has 0 N–H and O–H groups in total. The van der Waals surface area contributed by atoms with Crippen molar-refractivity contribution in [2.24, 2.45) is 12.5 Å². The van der Waals surface area contributed by atoms with Crippen LogP contribution in [0.3, 0.4) is 0 Å². The Labute approximate surface area is 150 Å². The minimum Gasteiger partial charge on any atom is -0.378 e. The molecule has 2 unspecified atom stereocenters. The zero-order valence-electron chi connectivity index (χ0n) is 15.2. The van der Waals surface area contributed by atoms with E-state index < -0.39 is 0 Å². The summed E-state index contributed by atoms with van der Waals surface area (Å²) in [5.74, 6) is 0. The molecule has 0 saturated carbocycles. The Kier molecular flexibility index (Phi) is 4.91. The van der Waals surface area contributed by atoms with Gasteiger partial charge in [-0.3, -0.25) is 9.58 Å². The zero-order chi connectivity index (χ0) is 17.1. The number of rotatable bonds is 6. The van der Waals surface area contributed by atoms with E-state index in [0.29, 0.717) is 11.5 Å². The third-order valence-electron chi connectivity index (χ3n) is 6.00. The zero-order valence-corrected chi connectivity index (χ0v) is 15.2. The lowest BCUT2D eigenvalue weighted by Crippen LogP contribution is -2.38. The van der Waals surface area contributed by atoms with Crippen molar-refractivity contribution in [3.8, 4) is 0 Å². The van der Waals surface area contributed by atoms with E-state index in [0.717, 1.165) is 26.1 Å². The second-order valence-electron chi connectivity index (χ2n) is 7.83. The molecule has 0 spiro atoms. The van der Waals surface area contributed by atoms with Gasteiger partial charge in [-0.25, -0.2) is 0 Å². The highest BCUT2D eigenvalue weighted by atomic mass is 16.5. The largest absolute Gasteiger partial charge is 0.378 e. The third kappa shape index (κ3) is 3.80. The Morgan fingerprint density at radius 3 is 2.84 bits per heavy atom. The maximum Gasteiger partial charge on any atom is 0.0645 e. The number of nitrogens with zero attached hydrogens (tertiary/aromatic N) is 3. The van der Waals surface area contributed by atoms with E-state index >= 15 is 0 Å². The molecule has 4 heteroatoms. The predicted molar refractivity (Wildman–Crippen MR) is 99.3 cm³/mol. The predicted octanol–water partition coefficient (Wildman–Crippen LogP) is 3.42.